The van der Waals surface area contributed by atoms with E-state index in [1.54, 1.807) is 6.92 Å². The lowest BCUT2D eigenvalue weighted by molar-refractivity contribution is -0.150. The third kappa shape index (κ3) is 27.0. The van der Waals surface area contributed by atoms with Crippen LogP contribution in [0.2, 0.25) is 0 Å². The molecule has 0 aromatic heterocycles. The highest BCUT2D eigenvalue weighted by Crippen LogP contribution is 2.13. The second-order valence-electron chi connectivity index (χ2n) is 10.3. The predicted molar refractivity (Wildman–Crippen MR) is 154 cm³/mol. The van der Waals surface area contributed by atoms with Crippen LogP contribution in [0, 0.1) is 0 Å². The summed E-state index contributed by atoms with van der Waals surface area (Å²) in [6.45, 7) is 8.38. The topological polar surface area (TPSA) is 90.9 Å². The third-order valence-corrected chi connectivity index (χ3v) is 6.49. The van der Waals surface area contributed by atoms with Crippen molar-refractivity contribution in [2.24, 2.45) is 0 Å². The van der Waals surface area contributed by atoms with Gasteiger partial charge in [-0.2, -0.15) is 0 Å². The van der Waals surface area contributed by atoms with Crippen molar-refractivity contribution in [1.82, 2.24) is 5.32 Å². The molecule has 0 aromatic carbocycles. The van der Waals surface area contributed by atoms with Crippen LogP contribution < -0.4 is 5.32 Å². The summed E-state index contributed by atoms with van der Waals surface area (Å²) in [5.41, 5.74) is 0.312. The summed E-state index contributed by atoms with van der Waals surface area (Å²) in [5, 5.41) is 2.81. The van der Waals surface area contributed by atoms with Gasteiger partial charge in [-0.05, 0) is 32.6 Å². The highest BCUT2D eigenvalue weighted by atomic mass is 16.6. The fourth-order valence-electron chi connectivity index (χ4n) is 4.11. The molecule has 0 aliphatic rings. The summed E-state index contributed by atoms with van der Waals surface area (Å²) in [4.78, 5) is 34.6. The maximum atomic E-state index is 11.7. The second-order valence-corrected chi connectivity index (χ2v) is 10.3. The Morgan fingerprint density at radius 1 is 0.579 bits per heavy atom. The monoisotopic (exact) mass is 539 g/mol. The third-order valence-electron chi connectivity index (χ3n) is 6.49. The summed E-state index contributed by atoms with van der Waals surface area (Å²) in [6, 6.07) is 0. The molecule has 0 saturated heterocycles. The van der Waals surface area contributed by atoms with Crippen LogP contribution in [0.25, 0.3) is 0 Å². The number of rotatable bonds is 27. The molecule has 0 aliphatic carbocycles. The highest BCUT2D eigenvalue weighted by molar-refractivity contribution is 5.86. The van der Waals surface area contributed by atoms with E-state index in [9.17, 15) is 14.4 Å². The molecule has 7 nitrogen and oxygen atoms in total. The maximum absolute atomic E-state index is 11.7. The first-order valence-corrected chi connectivity index (χ1v) is 15.4. The van der Waals surface area contributed by atoms with Crippen LogP contribution in [0.1, 0.15) is 142 Å². The SMILES string of the molecule is C=C(C)C(=O)OCCOC(=O)CCCCCOC(=O)NCCCCCCCCCCCCCCCCCC. The number of hydrogen-bond acceptors (Lipinski definition) is 6. The molecule has 1 amide bonds. The minimum atomic E-state index is -0.491. The number of carbonyl (C=O) groups excluding carboxylic acids is 3. The fraction of sp³-hybridized carbons (Fsp3) is 0.839. The van der Waals surface area contributed by atoms with E-state index in [0.29, 0.717) is 38.0 Å². The van der Waals surface area contributed by atoms with E-state index in [2.05, 4.69) is 18.8 Å². The largest absolute Gasteiger partial charge is 0.462 e. The highest BCUT2D eigenvalue weighted by Gasteiger charge is 2.06. The first-order valence-electron chi connectivity index (χ1n) is 15.4. The Labute approximate surface area is 232 Å². The van der Waals surface area contributed by atoms with Gasteiger partial charge in [0, 0.05) is 18.5 Å². The van der Waals surface area contributed by atoms with Crippen LogP contribution in [0.5, 0.6) is 0 Å². The lowest BCUT2D eigenvalue weighted by atomic mass is 10.0. The van der Waals surface area contributed by atoms with Gasteiger partial charge in [0.15, 0.2) is 0 Å². The van der Waals surface area contributed by atoms with E-state index in [1.165, 1.54) is 89.9 Å². The van der Waals surface area contributed by atoms with E-state index >= 15 is 0 Å². The molecule has 0 atom stereocenters. The molecule has 0 aliphatic heterocycles. The molecular formula is C31H57NO6. The normalized spacial score (nSPS) is 10.7. The van der Waals surface area contributed by atoms with E-state index in [0.717, 1.165) is 19.3 Å². The van der Waals surface area contributed by atoms with Gasteiger partial charge in [-0.1, -0.05) is 110 Å². The zero-order valence-corrected chi connectivity index (χ0v) is 24.6. The Morgan fingerprint density at radius 3 is 1.58 bits per heavy atom. The zero-order chi connectivity index (χ0) is 28.1. The first kappa shape index (κ1) is 35.9. The first-order chi connectivity index (χ1) is 18.5. The van der Waals surface area contributed by atoms with Crippen molar-refractivity contribution >= 4 is 18.0 Å². The van der Waals surface area contributed by atoms with Gasteiger partial charge in [0.1, 0.15) is 13.2 Å². The molecule has 0 aromatic rings. The van der Waals surface area contributed by atoms with Gasteiger partial charge in [0.2, 0.25) is 0 Å². The predicted octanol–water partition coefficient (Wildman–Crippen LogP) is 8.20. The number of hydrogen-bond donors (Lipinski definition) is 1. The Morgan fingerprint density at radius 2 is 1.05 bits per heavy atom. The molecule has 222 valence electrons. The molecule has 0 heterocycles. The summed E-state index contributed by atoms with van der Waals surface area (Å²) in [6.07, 6.45) is 23.4. The Bertz CT molecular complexity index is 607. The second kappa shape index (κ2) is 28.0. The van der Waals surface area contributed by atoms with Gasteiger partial charge in [-0.15, -0.1) is 0 Å². The number of nitrogens with one attached hydrogen (secondary N) is 1. The van der Waals surface area contributed by atoms with Gasteiger partial charge in [-0.25, -0.2) is 9.59 Å². The van der Waals surface area contributed by atoms with Crippen molar-refractivity contribution in [3.63, 3.8) is 0 Å². The van der Waals surface area contributed by atoms with Crippen LogP contribution in [-0.2, 0) is 23.8 Å². The van der Waals surface area contributed by atoms with Gasteiger partial charge >= 0.3 is 18.0 Å². The van der Waals surface area contributed by atoms with Gasteiger partial charge in [0.05, 0.1) is 6.61 Å². The van der Waals surface area contributed by atoms with Crippen LogP contribution in [0.3, 0.4) is 0 Å². The van der Waals surface area contributed by atoms with Gasteiger partial charge in [0.25, 0.3) is 0 Å². The Hall–Kier alpha value is -2.05. The van der Waals surface area contributed by atoms with E-state index in [4.69, 9.17) is 14.2 Å². The zero-order valence-electron chi connectivity index (χ0n) is 24.6. The molecule has 0 bridgehead atoms. The molecule has 0 spiro atoms. The molecule has 38 heavy (non-hydrogen) atoms. The van der Waals surface area contributed by atoms with Crippen LogP contribution >= 0.6 is 0 Å². The molecule has 1 N–H and O–H groups in total. The van der Waals surface area contributed by atoms with Gasteiger partial charge < -0.3 is 19.5 Å². The van der Waals surface area contributed by atoms with Crippen molar-refractivity contribution < 1.29 is 28.6 Å². The van der Waals surface area contributed by atoms with E-state index < -0.39 is 5.97 Å². The maximum Gasteiger partial charge on any atom is 0.407 e. The Balaban J connectivity index is 3.29. The van der Waals surface area contributed by atoms with E-state index in [-0.39, 0.29) is 25.3 Å². The molecule has 0 unspecified atom stereocenters. The van der Waals surface area contributed by atoms with Crippen molar-refractivity contribution in [1.29, 1.82) is 0 Å². The van der Waals surface area contributed by atoms with Crippen molar-refractivity contribution in [3.05, 3.63) is 12.2 Å². The summed E-state index contributed by atoms with van der Waals surface area (Å²) < 4.78 is 15.0. The minimum absolute atomic E-state index is 0.0276. The number of esters is 2. The average molecular weight is 540 g/mol. The summed E-state index contributed by atoms with van der Waals surface area (Å²) in [7, 11) is 0. The molecule has 0 radical (unpaired) electrons. The summed E-state index contributed by atoms with van der Waals surface area (Å²) in [5.74, 6) is -0.816. The fourth-order valence-corrected chi connectivity index (χ4v) is 4.11. The smallest absolute Gasteiger partial charge is 0.407 e. The van der Waals surface area contributed by atoms with Crippen LogP contribution in [0.4, 0.5) is 4.79 Å². The lowest BCUT2D eigenvalue weighted by Gasteiger charge is -2.08. The molecule has 0 fully saturated rings. The number of ether oxygens (including phenoxy) is 3. The molecule has 0 rings (SSSR count). The molecule has 7 heteroatoms. The lowest BCUT2D eigenvalue weighted by Crippen LogP contribution is -2.25. The van der Waals surface area contributed by atoms with Crippen molar-refractivity contribution in [3.8, 4) is 0 Å². The van der Waals surface area contributed by atoms with Gasteiger partial charge in [-0.3, -0.25) is 4.79 Å². The number of alkyl carbamates (subject to hydrolysis) is 1. The quantitative estimate of drug-likeness (QED) is 0.0489. The number of unbranched alkanes of at least 4 members (excludes halogenated alkanes) is 17. The van der Waals surface area contributed by atoms with Crippen molar-refractivity contribution in [2.45, 2.75) is 142 Å². The van der Waals surface area contributed by atoms with Crippen LogP contribution in [0.15, 0.2) is 12.2 Å². The summed E-state index contributed by atoms with van der Waals surface area (Å²) >= 11 is 0. The Kier molecular flexibility index (Phi) is 26.5. The van der Waals surface area contributed by atoms with E-state index in [1.807, 2.05) is 0 Å². The number of carbonyl (C=O) groups is 3. The minimum Gasteiger partial charge on any atom is -0.462 e. The number of amides is 1. The average Bonchev–Trinajstić information content (AvgIpc) is 2.90. The molecular weight excluding hydrogens is 482 g/mol. The van der Waals surface area contributed by atoms with Crippen LogP contribution in [-0.4, -0.2) is 44.4 Å². The van der Waals surface area contributed by atoms with Crippen molar-refractivity contribution in [2.75, 3.05) is 26.4 Å². The molecule has 0 saturated carbocycles. The standard InChI is InChI=1S/C31H57NO6/c1-4-5-6-7-8-9-10-11-12-13-14-15-16-17-18-21-24-32-31(35)38-25-22-19-20-23-29(33)36-26-27-37-30(34)28(2)3/h2,4-27H2,1,3H3,(H,32,35).